The molecule has 1 unspecified atom stereocenters. The van der Waals surface area contributed by atoms with E-state index in [0.29, 0.717) is 38.0 Å². The number of pyridine rings is 1. The van der Waals surface area contributed by atoms with Crippen molar-refractivity contribution in [2.45, 2.75) is 43.9 Å². The second-order valence-corrected chi connectivity index (χ2v) is 10.0. The third kappa shape index (κ3) is 4.19. The molecule has 1 atom stereocenters. The standard InChI is InChI=1S/C27H26N6O5/c34-23-7-6-22(24(35)29-23)33-25(36)18-5-4-16(13-19(18)26(33)37)27(38)8-11-32(12-9-27)15-17-14-21(31-30-17)20-3-1-2-10-28-20/h1-5,10,13-14,22,38H,6-9,11-12,15H2,(H,30,31)(H,29,34,35). The topological polar surface area (TPSA) is 149 Å². The molecule has 4 amide bonds. The maximum absolute atomic E-state index is 13.2. The summed E-state index contributed by atoms with van der Waals surface area (Å²) >= 11 is 0. The molecule has 0 bridgehead atoms. The first kappa shape index (κ1) is 24.1. The number of hydrogen-bond acceptors (Lipinski definition) is 8. The lowest BCUT2D eigenvalue weighted by Gasteiger charge is -2.38. The van der Waals surface area contributed by atoms with Crippen molar-refractivity contribution < 1.29 is 24.3 Å². The number of carbonyl (C=O) groups excluding carboxylic acids is 4. The van der Waals surface area contributed by atoms with E-state index in [9.17, 15) is 24.3 Å². The molecule has 5 heterocycles. The number of benzene rings is 1. The molecular formula is C27H26N6O5. The van der Waals surface area contributed by atoms with Crippen molar-refractivity contribution in [1.82, 2.24) is 30.3 Å². The molecular weight excluding hydrogens is 488 g/mol. The van der Waals surface area contributed by atoms with Crippen LogP contribution >= 0.6 is 0 Å². The van der Waals surface area contributed by atoms with E-state index in [1.54, 1.807) is 24.4 Å². The molecule has 3 aromatic rings. The lowest BCUT2D eigenvalue weighted by molar-refractivity contribution is -0.136. The first-order chi connectivity index (χ1) is 18.3. The van der Waals surface area contributed by atoms with E-state index in [1.165, 1.54) is 0 Å². The van der Waals surface area contributed by atoms with Crippen molar-refractivity contribution >= 4 is 23.6 Å². The van der Waals surface area contributed by atoms with Crippen LogP contribution < -0.4 is 5.32 Å². The lowest BCUT2D eigenvalue weighted by atomic mass is 9.83. The Morgan fingerprint density at radius 3 is 2.50 bits per heavy atom. The van der Waals surface area contributed by atoms with Crippen molar-refractivity contribution in [2.24, 2.45) is 0 Å². The second kappa shape index (κ2) is 9.26. The number of carbonyl (C=O) groups is 4. The molecule has 0 radical (unpaired) electrons. The summed E-state index contributed by atoms with van der Waals surface area (Å²) in [5, 5.41) is 21.1. The Morgan fingerprint density at radius 1 is 0.974 bits per heavy atom. The van der Waals surface area contributed by atoms with E-state index < -0.39 is 35.3 Å². The van der Waals surface area contributed by atoms with Gasteiger partial charge in [0.15, 0.2) is 0 Å². The predicted molar refractivity (Wildman–Crippen MR) is 133 cm³/mol. The van der Waals surface area contributed by atoms with Gasteiger partial charge in [-0.15, -0.1) is 0 Å². The maximum atomic E-state index is 13.2. The zero-order valence-electron chi connectivity index (χ0n) is 20.5. The van der Waals surface area contributed by atoms with E-state index >= 15 is 0 Å². The van der Waals surface area contributed by atoms with Gasteiger partial charge in [0.25, 0.3) is 11.8 Å². The number of aromatic amines is 1. The summed E-state index contributed by atoms with van der Waals surface area (Å²) < 4.78 is 0. The van der Waals surface area contributed by atoms with Gasteiger partial charge in [-0.25, -0.2) is 0 Å². The molecule has 11 nitrogen and oxygen atoms in total. The molecule has 0 spiro atoms. The van der Waals surface area contributed by atoms with Crippen molar-refractivity contribution in [3.05, 3.63) is 71.0 Å². The van der Waals surface area contributed by atoms with Crippen LogP contribution in [0, 0.1) is 0 Å². The van der Waals surface area contributed by atoms with Crippen LogP contribution in [-0.4, -0.2) is 72.8 Å². The summed E-state index contributed by atoms with van der Waals surface area (Å²) in [6.07, 6.45) is 2.79. The Hall–Kier alpha value is -4.22. The molecule has 1 aromatic carbocycles. The molecule has 2 aromatic heterocycles. The number of piperidine rings is 2. The number of rotatable bonds is 5. The highest BCUT2D eigenvalue weighted by atomic mass is 16.3. The minimum absolute atomic E-state index is 0.0638. The number of nitrogens with one attached hydrogen (secondary N) is 2. The highest BCUT2D eigenvalue weighted by molar-refractivity contribution is 6.23. The van der Waals surface area contributed by atoms with Gasteiger partial charge in [0.1, 0.15) is 11.7 Å². The first-order valence-electron chi connectivity index (χ1n) is 12.6. The Balaban J connectivity index is 1.13. The Kier molecular flexibility index (Phi) is 5.88. The van der Waals surface area contributed by atoms with Crippen LogP contribution in [0.3, 0.4) is 0 Å². The van der Waals surface area contributed by atoms with E-state index in [-0.39, 0.29) is 24.0 Å². The second-order valence-electron chi connectivity index (χ2n) is 10.0. The van der Waals surface area contributed by atoms with Crippen LogP contribution in [0.25, 0.3) is 11.4 Å². The number of amides is 4. The van der Waals surface area contributed by atoms with Crippen LogP contribution in [0.1, 0.15) is 57.7 Å². The quantitative estimate of drug-likeness (QED) is 0.432. The van der Waals surface area contributed by atoms with Gasteiger partial charge in [-0.05, 0) is 55.2 Å². The van der Waals surface area contributed by atoms with E-state index in [0.717, 1.165) is 22.0 Å². The molecule has 194 valence electrons. The third-order valence-corrected chi connectivity index (χ3v) is 7.61. The average Bonchev–Trinajstić information content (AvgIpc) is 3.49. The summed E-state index contributed by atoms with van der Waals surface area (Å²) in [6.45, 7) is 1.90. The van der Waals surface area contributed by atoms with Gasteiger partial charge in [0, 0.05) is 37.9 Å². The molecule has 2 fully saturated rings. The van der Waals surface area contributed by atoms with E-state index in [4.69, 9.17) is 0 Å². The molecule has 0 saturated carbocycles. The van der Waals surface area contributed by atoms with Gasteiger partial charge in [-0.2, -0.15) is 5.10 Å². The molecule has 2 saturated heterocycles. The van der Waals surface area contributed by atoms with Crippen molar-refractivity contribution in [1.29, 1.82) is 0 Å². The van der Waals surface area contributed by atoms with Gasteiger partial charge in [-0.3, -0.25) is 44.4 Å². The molecule has 38 heavy (non-hydrogen) atoms. The molecule has 3 N–H and O–H groups in total. The number of imide groups is 2. The highest BCUT2D eigenvalue weighted by Gasteiger charge is 2.45. The predicted octanol–water partition coefficient (Wildman–Crippen LogP) is 1.36. The van der Waals surface area contributed by atoms with Gasteiger partial charge in [0.05, 0.1) is 22.4 Å². The first-order valence-corrected chi connectivity index (χ1v) is 12.6. The Morgan fingerprint density at radius 2 is 1.76 bits per heavy atom. The molecule has 11 heteroatoms. The maximum Gasteiger partial charge on any atom is 0.262 e. The largest absolute Gasteiger partial charge is 0.385 e. The number of hydrogen-bond donors (Lipinski definition) is 3. The highest BCUT2D eigenvalue weighted by Crippen LogP contribution is 2.36. The molecule has 0 aliphatic carbocycles. The number of nitrogens with zero attached hydrogens (tertiary/aromatic N) is 4. The summed E-state index contributed by atoms with van der Waals surface area (Å²) in [4.78, 5) is 57.4. The third-order valence-electron chi connectivity index (χ3n) is 7.61. The zero-order chi connectivity index (χ0) is 26.4. The van der Waals surface area contributed by atoms with Gasteiger partial charge < -0.3 is 5.11 Å². The summed E-state index contributed by atoms with van der Waals surface area (Å²) in [5.74, 6) is -2.20. The minimum Gasteiger partial charge on any atom is -0.385 e. The average molecular weight is 515 g/mol. The van der Waals surface area contributed by atoms with Crippen molar-refractivity contribution in [2.75, 3.05) is 13.1 Å². The zero-order valence-corrected chi connectivity index (χ0v) is 20.5. The van der Waals surface area contributed by atoms with E-state index in [2.05, 4.69) is 25.4 Å². The fourth-order valence-electron chi connectivity index (χ4n) is 5.46. The fraction of sp³-hybridized carbons (Fsp3) is 0.333. The lowest BCUT2D eigenvalue weighted by Crippen LogP contribution is -2.54. The summed E-state index contributed by atoms with van der Waals surface area (Å²) in [7, 11) is 0. The van der Waals surface area contributed by atoms with Crippen molar-refractivity contribution in [3.63, 3.8) is 0 Å². The number of aromatic nitrogens is 3. The molecule has 3 aliphatic heterocycles. The molecule has 3 aliphatic rings. The summed E-state index contributed by atoms with van der Waals surface area (Å²) in [6, 6.07) is 11.4. The minimum atomic E-state index is -1.15. The van der Waals surface area contributed by atoms with Gasteiger partial charge >= 0.3 is 0 Å². The fourth-order valence-corrected chi connectivity index (χ4v) is 5.46. The summed E-state index contributed by atoms with van der Waals surface area (Å²) in [5.41, 5.74) is 2.32. The van der Waals surface area contributed by atoms with Crippen LogP contribution in [-0.2, 0) is 21.7 Å². The van der Waals surface area contributed by atoms with Crippen LogP contribution in [0.5, 0.6) is 0 Å². The van der Waals surface area contributed by atoms with E-state index in [1.807, 2.05) is 24.3 Å². The smallest absolute Gasteiger partial charge is 0.262 e. The monoisotopic (exact) mass is 514 g/mol. The number of H-pyrrole nitrogens is 1. The van der Waals surface area contributed by atoms with Crippen molar-refractivity contribution in [3.8, 4) is 11.4 Å². The van der Waals surface area contributed by atoms with Gasteiger partial charge in [-0.1, -0.05) is 12.1 Å². The number of aliphatic hydroxyl groups is 1. The van der Waals surface area contributed by atoms with Gasteiger partial charge in [0.2, 0.25) is 11.8 Å². The van der Waals surface area contributed by atoms with Crippen LogP contribution in [0.4, 0.5) is 0 Å². The van der Waals surface area contributed by atoms with Crippen LogP contribution in [0.2, 0.25) is 0 Å². The number of fused-ring (bicyclic) bond motifs is 1. The Labute approximate surface area is 217 Å². The van der Waals surface area contributed by atoms with Crippen LogP contribution in [0.15, 0.2) is 48.7 Å². The SMILES string of the molecule is O=C1CCC(N2C(=O)c3ccc(C4(O)CCN(Cc5cc(-c6ccccn6)n[nH]5)CC4)cc3C2=O)C(=O)N1. The number of likely N-dealkylation sites (tertiary alicyclic amines) is 1. The molecule has 6 rings (SSSR count). The normalized spacial score (nSPS) is 21.5. The Bertz CT molecular complexity index is 1440.